The molecule has 0 saturated heterocycles. The summed E-state index contributed by atoms with van der Waals surface area (Å²) in [6, 6.07) is 26.8. The van der Waals surface area contributed by atoms with Crippen molar-refractivity contribution in [1.82, 2.24) is 4.90 Å². The monoisotopic (exact) mass is 450 g/mol. The molecule has 4 nitrogen and oxygen atoms in total. The van der Waals surface area contributed by atoms with Crippen molar-refractivity contribution in [3.05, 3.63) is 112 Å². The normalized spacial score (nSPS) is 11.1. The van der Waals surface area contributed by atoms with Crippen LogP contribution in [0.3, 0.4) is 0 Å². The molecule has 0 N–H and O–H groups in total. The third-order valence-electron chi connectivity index (χ3n) is 5.41. The summed E-state index contributed by atoms with van der Waals surface area (Å²) in [4.78, 5) is 13.3. The minimum atomic E-state index is -0.388. The van der Waals surface area contributed by atoms with E-state index in [-0.39, 0.29) is 16.7 Å². The number of hydrogen-bond donors (Lipinski definition) is 0. The summed E-state index contributed by atoms with van der Waals surface area (Å²) in [6.45, 7) is 3.53. The van der Waals surface area contributed by atoms with Gasteiger partial charge in [-0.1, -0.05) is 110 Å². The molecular weight excluding hydrogens is 420 g/mol. The number of nitrogens with zero attached hydrogens (tertiary/aromatic N) is 2. The molecule has 3 aromatic carbocycles. The van der Waals surface area contributed by atoms with Gasteiger partial charge in [-0.3, -0.25) is 15.0 Å². The average Bonchev–Trinajstić information content (AvgIpc) is 2.87. The Labute approximate surface area is 202 Å². The quantitative estimate of drug-likeness (QED) is 0.160. The molecule has 0 aliphatic rings. The smallest absolute Gasteiger partial charge is 0.271 e. The highest BCUT2D eigenvalue weighted by Crippen LogP contribution is 2.17. The second kappa shape index (κ2) is 13.6. The van der Waals surface area contributed by atoms with Crippen molar-refractivity contribution in [2.75, 3.05) is 0 Å². The van der Waals surface area contributed by atoms with Gasteiger partial charge in [-0.15, -0.1) is 5.92 Å². The Balaban J connectivity index is 1.96. The second-order valence-corrected chi connectivity index (χ2v) is 8.10. The lowest BCUT2D eigenvalue weighted by atomic mass is 10.1. The zero-order valence-electron chi connectivity index (χ0n) is 19.6. The Kier molecular flexibility index (Phi) is 9.93. The van der Waals surface area contributed by atoms with Gasteiger partial charge in [0, 0.05) is 25.6 Å². The van der Waals surface area contributed by atoms with Crippen LogP contribution in [0.2, 0.25) is 0 Å². The van der Waals surface area contributed by atoms with Crippen LogP contribution in [0.4, 0.5) is 5.69 Å². The molecule has 0 bridgehead atoms. The number of unbranched alkanes of at least 4 members (excludes halogenated alkanes) is 3. The maximum absolute atomic E-state index is 11.5. The number of benzene rings is 3. The van der Waals surface area contributed by atoms with Gasteiger partial charge in [0.15, 0.2) is 0 Å². The number of nitro benzene ring substituents is 1. The zero-order chi connectivity index (χ0) is 24.0. The lowest BCUT2D eigenvalue weighted by molar-refractivity contribution is -0.385. The Morgan fingerprint density at radius 1 is 0.824 bits per heavy atom. The van der Waals surface area contributed by atoms with E-state index in [2.05, 4.69) is 59.8 Å². The summed E-state index contributed by atoms with van der Waals surface area (Å²) in [5.41, 5.74) is 2.76. The van der Waals surface area contributed by atoms with Crippen LogP contribution in [0, 0.1) is 33.8 Å². The van der Waals surface area contributed by atoms with E-state index in [1.54, 1.807) is 18.2 Å². The van der Waals surface area contributed by atoms with E-state index < -0.39 is 0 Å². The van der Waals surface area contributed by atoms with Crippen molar-refractivity contribution in [2.24, 2.45) is 0 Å². The predicted octanol–water partition coefficient (Wildman–Crippen LogP) is 6.60. The highest BCUT2D eigenvalue weighted by atomic mass is 16.6. The summed E-state index contributed by atoms with van der Waals surface area (Å²) < 4.78 is 0. The highest BCUT2D eigenvalue weighted by molar-refractivity contribution is 5.51. The van der Waals surface area contributed by atoms with Gasteiger partial charge in [-0.25, -0.2) is 0 Å². The molecule has 0 saturated carbocycles. The van der Waals surface area contributed by atoms with Crippen LogP contribution in [0.15, 0.2) is 84.9 Å². The molecule has 4 heteroatoms. The second-order valence-electron chi connectivity index (χ2n) is 8.10. The van der Waals surface area contributed by atoms with E-state index in [0.29, 0.717) is 18.7 Å². The van der Waals surface area contributed by atoms with Crippen LogP contribution < -0.4 is 0 Å². The molecule has 3 aromatic rings. The Morgan fingerprint density at radius 3 is 2.00 bits per heavy atom. The minimum Gasteiger partial charge on any atom is -0.271 e. The third-order valence-corrected chi connectivity index (χ3v) is 5.41. The fraction of sp³-hybridized carbons (Fsp3) is 0.267. The number of rotatable bonds is 9. The van der Waals surface area contributed by atoms with Gasteiger partial charge in [0.1, 0.15) is 11.6 Å². The van der Waals surface area contributed by atoms with Crippen LogP contribution in [-0.2, 0) is 13.1 Å². The van der Waals surface area contributed by atoms with E-state index in [0.717, 1.165) is 25.7 Å². The van der Waals surface area contributed by atoms with E-state index in [9.17, 15) is 10.1 Å². The van der Waals surface area contributed by atoms with E-state index >= 15 is 0 Å². The molecule has 0 fully saturated rings. The lowest BCUT2D eigenvalue weighted by Gasteiger charge is -2.25. The summed E-state index contributed by atoms with van der Waals surface area (Å²) >= 11 is 0. The predicted molar refractivity (Wildman–Crippen MR) is 138 cm³/mol. The highest BCUT2D eigenvalue weighted by Gasteiger charge is 2.17. The number of para-hydroxylation sites is 1. The first kappa shape index (κ1) is 24.8. The molecular formula is C30H30N2O2. The van der Waals surface area contributed by atoms with Crippen LogP contribution in [0.1, 0.15) is 49.3 Å². The van der Waals surface area contributed by atoms with E-state index in [1.807, 2.05) is 36.4 Å². The molecule has 0 unspecified atom stereocenters. The summed E-state index contributed by atoms with van der Waals surface area (Å²) in [7, 11) is 0. The van der Waals surface area contributed by atoms with Crippen LogP contribution in [-0.4, -0.2) is 15.9 Å². The zero-order valence-corrected chi connectivity index (χ0v) is 19.6. The van der Waals surface area contributed by atoms with Crippen LogP contribution in [0.5, 0.6) is 0 Å². The first-order chi connectivity index (χ1) is 16.7. The molecule has 0 amide bonds. The standard InChI is InChI=1S/C30H30N2O2/c1-2-3-4-5-12-20-29(23-22-28-19-13-14-21-30(28)32(33)34)31(24-26-15-8-6-9-16-26)25-27-17-10-7-11-18-27/h6-11,13-19,21,29H,2-5,24-25H2,1H3/t29-/m1/s1. The maximum atomic E-state index is 11.5. The van der Waals surface area contributed by atoms with Crippen molar-refractivity contribution in [1.29, 1.82) is 0 Å². The van der Waals surface area contributed by atoms with Gasteiger partial charge in [-0.05, 0) is 23.6 Å². The fourth-order valence-corrected chi connectivity index (χ4v) is 3.61. The summed E-state index contributed by atoms with van der Waals surface area (Å²) in [5, 5.41) is 11.5. The van der Waals surface area contributed by atoms with E-state index in [4.69, 9.17) is 0 Å². The first-order valence-electron chi connectivity index (χ1n) is 11.7. The van der Waals surface area contributed by atoms with Gasteiger partial charge in [0.05, 0.1) is 4.92 Å². The average molecular weight is 451 g/mol. The SMILES string of the molecule is CCCCCC#C[C@H](C#Cc1ccccc1[N+](=O)[O-])N(Cc1ccccc1)Cc1ccccc1. The maximum Gasteiger partial charge on any atom is 0.284 e. The van der Waals surface area contributed by atoms with Gasteiger partial charge < -0.3 is 0 Å². The Morgan fingerprint density at radius 2 is 1.41 bits per heavy atom. The van der Waals surface area contributed by atoms with Crippen LogP contribution in [0.25, 0.3) is 0 Å². The molecule has 172 valence electrons. The van der Waals surface area contributed by atoms with Gasteiger partial charge in [0.2, 0.25) is 0 Å². The van der Waals surface area contributed by atoms with Crippen molar-refractivity contribution >= 4 is 5.69 Å². The Hall–Kier alpha value is -3.86. The number of hydrogen-bond acceptors (Lipinski definition) is 3. The fourth-order valence-electron chi connectivity index (χ4n) is 3.61. The number of nitro groups is 1. The molecule has 34 heavy (non-hydrogen) atoms. The van der Waals surface area contributed by atoms with Crippen molar-refractivity contribution in [2.45, 2.75) is 51.7 Å². The molecule has 0 aliphatic heterocycles. The first-order valence-corrected chi connectivity index (χ1v) is 11.7. The van der Waals surface area contributed by atoms with Crippen molar-refractivity contribution in [3.63, 3.8) is 0 Å². The van der Waals surface area contributed by atoms with Crippen molar-refractivity contribution < 1.29 is 4.92 Å². The van der Waals surface area contributed by atoms with Crippen LogP contribution >= 0.6 is 0 Å². The van der Waals surface area contributed by atoms with Gasteiger partial charge in [-0.2, -0.15) is 0 Å². The van der Waals surface area contributed by atoms with E-state index in [1.165, 1.54) is 17.2 Å². The molecule has 0 heterocycles. The summed E-state index contributed by atoms with van der Waals surface area (Å²) in [5.74, 6) is 13.0. The van der Waals surface area contributed by atoms with Gasteiger partial charge >= 0.3 is 0 Å². The molecule has 0 aromatic heterocycles. The summed E-state index contributed by atoms with van der Waals surface area (Å²) in [6.07, 6.45) is 4.18. The molecule has 3 rings (SSSR count). The topological polar surface area (TPSA) is 46.4 Å². The van der Waals surface area contributed by atoms with Gasteiger partial charge in [0.25, 0.3) is 5.69 Å². The molecule has 1 atom stereocenters. The lowest BCUT2D eigenvalue weighted by Crippen LogP contribution is -2.32. The molecule has 0 spiro atoms. The molecule has 0 aliphatic carbocycles. The largest absolute Gasteiger partial charge is 0.284 e. The molecule has 0 radical (unpaired) electrons. The minimum absolute atomic E-state index is 0.0160. The Bertz CT molecular complexity index is 1130. The third kappa shape index (κ3) is 7.93. The van der Waals surface area contributed by atoms with Crippen molar-refractivity contribution in [3.8, 4) is 23.7 Å².